The number of likely N-dealkylation sites (N-methyl/N-ethyl adjacent to an activating group) is 1. The molecule has 0 radical (unpaired) electrons. The molecule has 0 unspecified atom stereocenters. The highest BCUT2D eigenvalue weighted by Crippen LogP contribution is 1.96. The van der Waals surface area contributed by atoms with Crippen LogP contribution in [0.25, 0.3) is 0 Å². The molecule has 0 aromatic rings. The SMILES string of the molecule is CNCCOCCOCCN(N)/C=C(\N)C(=O)I. The predicted molar refractivity (Wildman–Crippen MR) is 77.8 cm³/mol. The molecule has 5 N–H and O–H groups in total. The summed E-state index contributed by atoms with van der Waals surface area (Å²) in [5.74, 6) is 5.59. The molecule has 7 nitrogen and oxygen atoms in total. The Labute approximate surface area is 121 Å². The van der Waals surface area contributed by atoms with E-state index in [9.17, 15) is 4.79 Å². The number of rotatable bonds is 11. The van der Waals surface area contributed by atoms with Crippen LogP contribution in [0.5, 0.6) is 0 Å². The molecule has 106 valence electrons. The second kappa shape index (κ2) is 11.7. The van der Waals surface area contributed by atoms with Crippen LogP contribution in [0.15, 0.2) is 11.9 Å². The van der Waals surface area contributed by atoms with Crippen LogP contribution < -0.4 is 16.9 Å². The fraction of sp³-hybridized carbons (Fsp3) is 0.700. The quantitative estimate of drug-likeness (QED) is 0.109. The van der Waals surface area contributed by atoms with Gasteiger partial charge in [0.15, 0.2) is 0 Å². The number of allylic oxidation sites excluding steroid dienone is 1. The van der Waals surface area contributed by atoms with Gasteiger partial charge in [-0.05, 0) is 7.05 Å². The highest BCUT2D eigenvalue weighted by molar-refractivity contribution is 14.1. The van der Waals surface area contributed by atoms with E-state index in [1.165, 1.54) is 11.2 Å². The third-order valence-corrected chi connectivity index (χ3v) is 2.52. The zero-order valence-corrected chi connectivity index (χ0v) is 12.7. The summed E-state index contributed by atoms with van der Waals surface area (Å²) >= 11 is 1.60. The summed E-state index contributed by atoms with van der Waals surface area (Å²) in [5, 5.41) is 4.30. The molecule has 0 saturated heterocycles. The first-order valence-corrected chi connectivity index (χ1v) is 6.64. The summed E-state index contributed by atoms with van der Waals surface area (Å²) in [6, 6.07) is 0. The van der Waals surface area contributed by atoms with Crippen molar-refractivity contribution in [2.75, 3.05) is 46.6 Å². The normalized spacial score (nSPS) is 11.6. The van der Waals surface area contributed by atoms with Crippen LogP contribution in [0.3, 0.4) is 0 Å². The second-order valence-electron chi connectivity index (χ2n) is 3.42. The van der Waals surface area contributed by atoms with Gasteiger partial charge in [0.2, 0.25) is 3.79 Å². The van der Waals surface area contributed by atoms with Crippen LogP contribution >= 0.6 is 22.6 Å². The number of carbonyl (C=O) groups excluding carboxylic acids is 1. The van der Waals surface area contributed by atoms with Crippen molar-refractivity contribution in [2.45, 2.75) is 0 Å². The third kappa shape index (κ3) is 10.7. The molecule has 0 saturated carbocycles. The first kappa shape index (κ1) is 17.6. The number of hydrazine groups is 1. The summed E-state index contributed by atoms with van der Waals surface area (Å²) < 4.78 is 10.3. The number of carbonyl (C=O) groups is 1. The van der Waals surface area contributed by atoms with E-state index in [4.69, 9.17) is 21.1 Å². The maximum atomic E-state index is 10.8. The van der Waals surface area contributed by atoms with Crippen molar-refractivity contribution in [1.29, 1.82) is 0 Å². The number of nitrogens with zero attached hydrogens (tertiary/aromatic N) is 1. The Kier molecular flexibility index (Phi) is 11.4. The van der Waals surface area contributed by atoms with Crippen molar-refractivity contribution in [3.63, 3.8) is 0 Å². The maximum Gasteiger partial charge on any atom is 0.239 e. The van der Waals surface area contributed by atoms with E-state index in [-0.39, 0.29) is 9.49 Å². The van der Waals surface area contributed by atoms with Crippen molar-refractivity contribution in [1.82, 2.24) is 10.3 Å². The number of nitrogens with one attached hydrogen (secondary N) is 1. The molecule has 0 rings (SSSR count). The van der Waals surface area contributed by atoms with Gasteiger partial charge in [0.25, 0.3) is 0 Å². The lowest BCUT2D eigenvalue weighted by Gasteiger charge is -2.14. The van der Waals surface area contributed by atoms with E-state index < -0.39 is 0 Å². The minimum atomic E-state index is -0.234. The smallest absolute Gasteiger partial charge is 0.239 e. The number of halogens is 1. The van der Waals surface area contributed by atoms with Crippen molar-refractivity contribution in [3.05, 3.63) is 11.9 Å². The van der Waals surface area contributed by atoms with Crippen LogP contribution in [0.2, 0.25) is 0 Å². The zero-order chi connectivity index (χ0) is 13.8. The molecule has 0 aliphatic rings. The van der Waals surface area contributed by atoms with E-state index in [1.54, 1.807) is 22.6 Å². The van der Waals surface area contributed by atoms with Crippen LogP contribution in [0.4, 0.5) is 0 Å². The minimum absolute atomic E-state index is 0.119. The number of ether oxygens (including phenoxy) is 2. The van der Waals surface area contributed by atoms with Gasteiger partial charge >= 0.3 is 0 Å². The van der Waals surface area contributed by atoms with Gasteiger partial charge in [-0.2, -0.15) is 0 Å². The first-order chi connectivity index (χ1) is 8.57. The van der Waals surface area contributed by atoms with E-state index >= 15 is 0 Å². The number of hydrogen-bond donors (Lipinski definition) is 3. The first-order valence-electron chi connectivity index (χ1n) is 5.56. The second-order valence-corrected chi connectivity index (χ2v) is 4.40. The van der Waals surface area contributed by atoms with E-state index in [0.29, 0.717) is 33.0 Å². The molecule has 0 aliphatic heterocycles. The number of nitrogens with two attached hydrogens (primary N) is 2. The highest BCUT2D eigenvalue weighted by atomic mass is 127. The molecule has 18 heavy (non-hydrogen) atoms. The summed E-state index contributed by atoms with van der Waals surface area (Å²) in [6.07, 6.45) is 1.39. The molecule has 0 amide bonds. The van der Waals surface area contributed by atoms with Gasteiger partial charge < -0.3 is 25.5 Å². The Morgan fingerprint density at radius 3 is 2.50 bits per heavy atom. The lowest BCUT2D eigenvalue weighted by Crippen LogP contribution is -2.31. The third-order valence-electron chi connectivity index (χ3n) is 1.89. The van der Waals surface area contributed by atoms with Gasteiger partial charge in [-0.15, -0.1) is 0 Å². The van der Waals surface area contributed by atoms with Crippen LogP contribution in [-0.4, -0.2) is 55.4 Å². The topological polar surface area (TPSA) is 103 Å². The van der Waals surface area contributed by atoms with Gasteiger partial charge in [-0.3, -0.25) is 4.79 Å². The Hall–Kier alpha value is -0.420. The predicted octanol–water partition coefficient (Wildman–Crippen LogP) is -0.824. The summed E-state index contributed by atoms with van der Waals surface area (Å²) in [7, 11) is 1.87. The Morgan fingerprint density at radius 2 is 1.94 bits per heavy atom. The van der Waals surface area contributed by atoms with E-state index in [2.05, 4.69) is 5.32 Å². The summed E-state index contributed by atoms with van der Waals surface area (Å²) in [5.41, 5.74) is 5.55. The molecule has 0 atom stereocenters. The Bertz CT molecular complexity index is 264. The summed E-state index contributed by atoms with van der Waals surface area (Å²) in [4.78, 5) is 10.8. The van der Waals surface area contributed by atoms with Gasteiger partial charge in [0.1, 0.15) is 5.70 Å². The molecule has 0 heterocycles. The van der Waals surface area contributed by atoms with Crippen molar-refractivity contribution < 1.29 is 14.3 Å². The fourth-order valence-corrected chi connectivity index (χ4v) is 1.10. The maximum absolute atomic E-state index is 10.8. The van der Waals surface area contributed by atoms with Crippen molar-refractivity contribution in [3.8, 4) is 0 Å². The molecule has 0 bridgehead atoms. The van der Waals surface area contributed by atoms with Crippen LogP contribution in [0, 0.1) is 0 Å². The van der Waals surface area contributed by atoms with Gasteiger partial charge in [-0.1, -0.05) is 0 Å². The molecule has 8 heteroatoms. The standard InChI is InChI=1S/C10H21IN4O3/c1-14-2-4-17-6-7-18-5-3-15(13)8-9(12)10(11)16/h8,14H,2-7,12-13H2,1H3/b9-8-. The Balaban J connectivity index is 3.43. The van der Waals surface area contributed by atoms with Gasteiger partial charge in [0.05, 0.1) is 33.0 Å². The van der Waals surface area contributed by atoms with Crippen LogP contribution in [-0.2, 0) is 14.3 Å². The molecular weight excluding hydrogens is 351 g/mol. The average molecular weight is 372 g/mol. The fourth-order valence-electron chi connectivity index (χ4n) is 0.960. The molecule has 0 fully saturated rings. The molecule has 0 aromatic heterocycles. The Morgan fingerprint density at radius 1 is 1.33 bits per heavy atom. The number of hydrogen-bond acceptors (Lipinski definition) is 7. The van der Waals surface area contributed by atoms with E-state index in [1.807, 2.05) is 7.05 Å². The molecule has 0 aliphatic carbocycles. The monoisotopic (exact) mass is 372 g/mol. The average Bonchev–Trinajstić information content (AvgIpc) is 2.32. The molecule has 0 spiro atoms. The molecule has 0 aromatic carbocycles. The lowest BCUT2D eigenvalue weighted by atomic mass is 10.5. The van der Waals surface area contributed by atoms with E-state index in [0.717, 1.165) is 6.54 Å². The molecular formula is C10H21IN4O3. The van der Waals surface area contributed by atoms with Crippen LogP contribution in [0.1, 0.15) is 0 Å². The highest BCUT2D eigenvalue weighted by Gasteiger charge is 2.01. The largest absolute Gasteiger partial charge is 0.394 e. The van der Waals surface area contributed by atoms with Crippen molar-refractivity contribution >= 4 is 26.4 Å². The zero-order valence-electron chi connectivity index (χ0n) is 10.5. The van der Waals surface area contributed by atoms with Gasteiger partial charge in [0, 0.05) is 35.3 Å². The van der Waals surface area contributed by atoms with Crippen molar-refractivity contribution in [2.24, 2.45) is 11.6 Å². The lowest BCUT2D eigenvalue weighted by molar-refractivity contribution is -0.106. The summed E-state index contributed by atoms with van der Waals surface area (Å²) in [6.45, 7) is 3.47. The minimum Gasteiger partial charge on any atom is -0.394 e. The van der Waals surface area contributed by atoms with Gasteiger partial charge in [-0.25, -0.2) is 5.84 Å².